The van der Waals surface area contributed by atoms with Gasteiger partial charge in [0, 0.05) is 0 Å². The molecule has 0 spiro atoms. The Kier molecular flexibility index (Phi) is 14.4. The number of thioether (sulfide) groups is 1. The topological polar surface area (TPSA) is 194 Å². The van der Waals surface area contributed by atoms with E-state index in [1.165, 1.54) is 11.8 Å². The SMILES string of the molecule is CCC(C)C(NC(=O)C(CCSC)NC(=O)C(N)CC(C)C)C(=O)NC(CC(N)=O)C(=O)O. The molecule has 0 aliphatic carbocycles. The van der Waals surface area contributed by atoms with Crippen molar-refractivity contribution in [3.05, 3.63) is 0 Å². The third kappa shape index (κ3) is 11.9. The number of carboxylic acids is 1. The van der Waals surface area contributed by atoms with Crippen molar-refractivity contribution in [2.45, 2.75) is 77.5 Å². The summed E-state index contributed by atoms with van der Waals surface area (Å²) >= 11 is 1.50. The first-order chi connectivity index (χ1) is 15.3. The van der Waals surface area contributed by atoms with Gasteiger partial charge in [0.25, 0.3) is 0 Å². The molecule has 0 rings (SSSR count). The average Bonchev–Trinajstić information content (AvgIpc) is 2.72. The van der Waals surface area contributed by atoms with Crippen LogP contribution < -0.4 is 27.4 Å². The molecule has 0 aromatic rings. The van der Waals surface area contributed by atoms with Gasteiger partial charge in [-0.05, 0) is 36.7 Å². The van der Waals surface area contributed by atoms with Crippen LogP contribution in [0.25, 0.3) is 0 Å². The minimum Gasteiger partial charge on any atom is -0.480 e. The summed E-state index contributed by atoms with van der Waals surface area (Å²) in [6.45, 7) is 7.40. The van der Waals surface area contributed by atoms with Gasteiger partial charge >= 0.3 is 5.97 Å². The second-order valence-electron chi connectivity index (χ2n) is 8.52. The van der Waals surface area contributed by atoms with Crippen LogP contribution in [0.4, 0.5) is 0 Å². The third-order valence-electron chi connectivity index (χ3n) is 5.12. The van der Waals surface area contributed by atoms with Crippen molar-refractivity contribution in [1.82, 2.24) is 16.0 Å². The van der Waals surface area contributed by atoms with E-state index in [9.17, 15) is 29.1 Å². The molecule has 4 amide bonds. The molecule has 0 saturated heterocycles. The molecule has 0 bridgehead atoms. The van der Waals surface area contributed by atoms with E-state index in [1.54, 1.807) is 6.92 Å². The van der Waals surface area contributed by atoms with Crippen LogP contribution in [0.5, 0.6) is 0 Å². The van der Waals surface area contributed by atoms with E-state index >= 15 is 0 Å². The molecule has 5 atom stereocenters. The highest BCUT2D eigenvalue weighted by Crippen LogP contribution is 2.11. The Hall–Kier alpha value is -2.34. The predicted molar refractivity (Wildman–Crippen MR) is 127 cm³/mol. The van der Waals surface area contributed by atoms with Crippen LogP contribution in [-0.2, 0) is 24.0 Å². The normalized spacial score (nSPS) is 15.6. The summed E-state index contributed by atoms with van der Waals surface area (Å²) in [5, 5.41) is 16.8. The second kappa shape index (κ2) is 15.5. The largest absolute Gasteiger partial charge is 0.480 e. The number of hydrogen-bond acceptors (Lipinski definition) is 7. The first kappa shape index (κ1) is 30.7. The Morgan fingerprint density at radius 1 is 0.939 bits per heavy atom. The van der Waals surface area contributed by atoms with E-state index in [2.05, 4.69) is 16.0 Å². The van der Waals surface area contributed by atoms with Crippen molar-refractivity contribution in [2.24, 2.45) is 23.3 Å². The van der Waals surface area contributed by atoms with Crippen molar-refractivity contribution >= 4 is 41.4 Å². The van der Waals surface area contributed by atoms with E-state index in [0.29, 0.717) is 25.0 Å². The van der Waals surface area contributed by atoms with Crippen LogP contribution in [-0.4, -0.2) is 70.9 Å². The van der Waals surface area contributed by atoms with Crippen molar-refractivity contribution in [1.29, 1.82) is 0 Å². The maximum absolute atomic E-state index is 13.0. The van der Waals surface area contributed by atoms with E-state index in [1.807, 2.05) is 27.0 Å². The summed E-state index contributed by atoms with van der Waals surface area (Å²) in [6.07, 6.45) is 2.56. The molecule has 11 nitrogen and oxygen atoms in total. The van der Waals surface area contributed by atoms with E-state index < -0.39 is 60.2 Å². The molecule has 190 valence electrons. The van der Waals surface area contributed by atoms with Gasteiger partial charge in [-0.2, -0.15) is 11.8 Å². The van der Waals surface area contributed by atoms with Gasteiger partial charge in [-0.15, -0.1) is 0 Å². The van der Waals surface area contributed by atoms with Crippen molar-refractivity contribution in [3.8, 4) is 0 Å². The summed E-state index contributed by atoms with van der Waals surface area (Å²) in [5.74, 6) is -3.65. The molecule has 33 heavy (non-hydrogen) atoms. The standard InChI is InChI=1S/C21H39N5O6S/c1-6-12(4)17(20(30)25-15(21(31)32)10-16(23)27)26-19(29)14(7-8-33-5)24-18(28)13(22)9-11(2)3/h11-15,17H,6-10,22H2,1-5H3,(H2,23,27)(H,24,28)(H,25,30)(H,26,29)(H,31,32). The Bertz CT molecular complexity index is 690. The fourth-order valence-electron chi connectivity index (χ4n) is 3.02. The Morgan fingerprint density at radius 2 is 1.52 bits per heavy atom. The number of hydrogen-bond donors (Lipinski definition) is 6. The fourth-order valence-corrected chi connectivity index (χ4v) is 3.49. The van der Waals surface area contributed by atoms with Gasteiger partial charge < -0.3 is 32.5 Å². The van der Waals surface area contributed by atoms with Gasteiger partial charge in [0.1, 0.15) is 18.1 Å². The van der Waals surface area contributed by atoms with Gasteiger partial charge in [0.2, 0.25) is 23.6 Å². The maximum Gasteiger partial charge on any atom is 0.326 e. The van der Waals surface area contributed by atoms with Gasteiger partial charge in [-0.3, -0.25) is 19.2 Å². The maximum atomic E-state index is 13.0. The zero-order valence-corrected chi connectivity index (χ0v) is 20.9. The molecule has 0 fully saturated rings. The van der Waals surface area contributed by atoms with Crippen LogP contribution in [0.1, 0.15) is 53.4 Å². The number of carboxylic acid groups (broad SMARTS) is 1. The highest BCUT2D eigenvalue weighted by molar-refractivity contribution is 7.98. The molecule has 0 aromatic heterocycles. The fraction of sp³-hybridized carbons (Fsp3) is 0.762. The molecule has 5 unspecified atom stereocenters. The van der Waals surface area contributed by atoms with E-state index in [-0.39, 0.29) is 11.8 Å². The zero-order chi connectivity index (χ0) is 25.7. The quantitative estimate of drug-likeness (QED) is 0.168. The average molecular weight is 490 g/mol. The first-order valence-electron chi connectivity index (χ1n) is 11.0. The molecule has 0 heterocycles. The summed E-state index contributed by atoms with van der Waals surface area (Å²) in [4.78, 5) is 60.8. The van der Waals surface area contributed by atoms with Crippen molar-refractivity contribution in [3.63, 3.8) is 0 Å². The van der Waals surface area contributed by atoms with Crippen LogP contribution in [0.15, 0.2) is 0 Å². The number of carbonyl (C=O) groups excluding carboxylic acids is 4. The van der Waals surface area contributed by atoms with Gasteiger partial charge in [-0.25, -0.2) is 4.79 Å². The molecule has 0 aromatic carbocycles. The minimum absolute atomic E-state index is 0.199. The van der Waals surface area contributed by atoms with E-state index in [0.717, 1.165) is 0 Å². The molecule has 0 aliphatic heterocycles. The zero-order valence-electron chi connectivity index (χ0n) is 20.1. The van der Waals surface area contributed by atoms with Gasteiger partial charge in [0.05, 0.1) is 12.5 Å². The van der Waals surface area contributed by atoms with E-state index in [4.69, 9.17) is 11.5 Å². The van der Waals surface area contributed by atoms with Crippen LogP contribution in [0, 0.1) is 11.8 Å². The summed E-state index contributed by atoms with van der Waals surface area (Å²) in [5.41, 5.74) is 11.0. The molecule has 0 radical (unpaired) electrons. The number of carbonyl (C=O) groups is 5. The second-order valence-corrected chi connectivity index (χ2v) is 9.51. The predicted octanol–water partition coefficient (Wildman–Crippen LogP) is -0.427. The summed E-state index contributed by atoms with van der Waals surface area (Å²) < 4.78 is 0. The highest BCUT2D eigenvalue weighted by atomic mass is 32.2. The number of primary amides is 1. The monoisotopic (exact) mass is 489 g/mol. The molecule has 0 aliphatic rings. The van der Waals surface area contributed by atoms with Gasteiger partial charge in [0.15, 0.2) is 0 Å². The number of aliphatic carboxylic acids is 1. The minimum atomic E-state index is -1.51. The van der Waals surface area contributed by atoms with Crippen LogP contribution in [0.2, 0.25) is 0 Å². The molecular weight excluding hydrogens is 450 g/mol. The number of nitrogens with two attached hydrogens (primary N) is 2. The lowest BCUT2D eigenvalue weighted by Crippen LogP contribution is -2.59. The van der Waals surface area contributed by atoms with Gasteiger partial charge in [-0.1, -0.05) is 34.1 Å². The highest BCUT2D eigenvalue weighted by Gasteiger charge is 2.33. The molecule has 8 N–H and O–H groups in total. The van der Waals surface area contributed by atoms with Crippen LogP contribution >= 0.6 is 11.8 Å². The lowest BCUT2D eigenvalue weighted by molar-refractivity contribution is -0.144. The third-order valence-corrected chi connectivity index (χ3v) is 5.76. The smallest absolute Gasteiger partial charge is 0.326 e. The van der Waals surface area contributed by atoms with Crippen LogP contribution in [0.3, 0.4) is 0 Å². The lowest BCUT2D eigenvalue weighted by Gasteiger charge is -2.28. The lowest BCUT2D eigenvalue weighted by atomic mass is 9.97. The Balaban J connectivity index is 5.52. The summed E-state index contributed by atoms with van der Waals surface area (Å²) in [6, 6.07) is -4.27. The first-order valence-corrected chi connectivity index (χ1v) is 12.4. The van der Waals surface area contributed by atoms with Crippen molar-refractivity contribution in [2.75, 3.05) is 12.0 Å². The number of amides is 4. The Morgan fingerprint density at radius 3 is 1.97 bits per heavy atom. The Labute approximate surface area is 199 Å². The molecule has 12 heteroatoms. The number of nitrogens with one attached hydrogen (secondary N) is 3. The molecule has 0 saturated carbocycles. The van der Waals surface area contributed by atoms with Crippen molar-refractivity contribution < 1.29 is 29.1 Å². The molecular formula is C21H39N5O6S. The summed E-state index contributed by atoms with van der Waals surface area (Å²) in [7, 11) is 0. The number of rotatable bonds is 16.